The lowest BCUT2D eigenvalue weighted by Crippen LogP contribution is -2.31. The summed E-state index contributed by atoms with van der Waals surface area (Å²) in [5.74, 6) is 1.27. The van der Waals surface area contributed by atoms with Crippen molar-refractivity contribution >= 4 is 33.3 Å². The molecule has 1 fully saturated rings. The van der Waals surface area contributed by atoms with Gasteiger partial charge in [-0.05, 0) is 52.0 Å². The number of anilines is 1. The number of para-hydroxylation sites is 1. The van der Waals surface area contributed by atoms with Gasteiger partial charge >= 0.3 is 0 Å². The molecule has 0 unspecified atom stereocenters. The summed E-state index contributed by atoms with van der Waals surface area (Å²) in [6.45, 7) is 1.10. The van der Waals surface area contributed by atoms with Crippen molar-refractivity contribution in [3.63, 3.8) is 0 Å². The zero-order chi connectivity index (χ0) is 24.2. The molecule has 2 aromatic carbocycles. The first-order valence-electron chi connectivity index (χ1n) is 12.0. The number of carbonyl (C=O) groups excluding carboxylic acids is 1. The Morgan fingerprint density at radius 3 is 2.60 bits per heavy atom. The number of carbonyl (C=O) groups is 1. The third-order valence-corrected chi connectivity index (χ3v) is 7.08. The lowest BCUT2D eigenvalue weighted by Gasteiger charge is -2.20. The van der Waals surface area contributed by atoms with E-state index >= 15 is 0 Å². The first kappa shape index (κ1) is 23.4. The summed E-state index contributed by atoms with van der Waals surface area (Å²) in [6, 6.07) is 17.3. The number of nitrogens with one attached hydrogen (secondary N) is 2. The SMILES string of the molecule is O=C(NCc1cccc(CNc2cc(-c3ccccc3O)nc3c(Br)cnn23)c1)C1CCCCC1. The molecular weight excluding hydrogens is 506 g/mol. The van der Waals surface area contributed by atoms with Gasteiger partial charge in [-0.2, -0.15) is 9.61 Å². The second-order valence-corrected chi connectivity index (χ2v) is 9.85. The van der Waals surface area contributed by atoms with Gasteiger partial charge in [0.25, 0.3) is 0 Å². The third kappa shape index (κ3) is 5.32. The minimum atomic E-state index is 0.161. The quantitative estimate of drug-likeness (QED) is 0.284. The number of rotatable bonds is 7. The summed E-state index contributed by atoms with van der Waals surface area (Å²) in [5, 5.41) is 21.3. The third-order valence-electron chi connectivity index (χ3n) is 6.52. The molecule has 0 bridgehead atoms. The molecule has 2 heterocycles. The topological polar surface area (TPSA) is 91.5 Å². The fourth-order valence-electron chi connectivity index (χ4n) is 4.63. The summed E-state index contributed by atoms with van der Waals surface area (Å²) < 4.78 is 2.51. The van der Waals surface area contributed by atoms with Crippen LogP contribution in [-0.2, 0) is 17.9 Å². The van der Waals surface area contributed by atoms with Crippen LogP contribution in [0.4, 0.5) is 5.82 Å². The Hall–Kier alpha value is -3.39. The van der Waals surface area contributed by atoms with E-state index in [2.05, 4.69) is 48.8 Å². The van der Waals surface area contributed by atoms with Crippen LogP contribution < -0.4 is 10.6 Å². The fourth-order valence-corrected chi connectivity index (χ4v) is 4.98. The maximum absolute atomic E-state index is 12.5. The fraction of sp³-hybridized carbons (Fsp3) is 0.296. The Morgan fingerprint density at radius 2 is 1.80 bits per heavy atom. The summed E-state index contributed by atoms with van der Waals surface area (Å²) in [4.78, 5) is 17.2. The van der Waals surface area contributed by atoms with Crippen LogP contribution in [0.5, 0.6) is 5.75 Å². The Bertz CT molecular complexity index is 1350. The van der Waals surface area contributed by atoms with Crippen molar-refractivity contribution in [1.82, 2.24) is 19.9 Å². The number of hydrogen-bond donors (Lipinski definition) is 3. The van der Waals surface area contributed by atoms with Crippen LogP contribution in [0.25, 0.3) is 16.9 Å². The van der Waals surface area contributed by atoms with Crippen molar-refractivity contribution in [1.29, 1.82) is 0 Å². The number of aromatic hydroxyl groups is 1. The highest BCUT2D eigenvalue weighted by Crippen LogP contribution is 2.31. The predicted octanol–water partition coefficient (Wildman–Crippen LogP) is 5.67. The van der Waals surface area contributed by atoms with Gasteiger partial charge in [0.05, 0.1) is 16.4 Å². The van der Waals surface area contributed by atoms with Crippen LogP contribution in [0, 0.1) is 5.92 Å². The van der Waals surface area contributed by atoms with Crippen molar-refractivity contribution in [3.8, 4) is 17.0 Å². The number of phenolic OH excluding ortho intramolecular Hbond substituents is 1. The smallest absolute Gasteiger partial charge is 0.223 e. The highest BCUT2D eigenvalue weighted by molar-refractivity contribution is 9.10. The van der Waals surface area contributed by atoms with Crippen LogP contribution in [0.15, 0.2) is 65.3 Å². The molecule has 180 valence electrons. The second kappa shape index (κ2) is 10.5. The van der Waals surface area contributed by atoms with Gasteiger partial charge in [0.2, 0.25) is 5.91 Å². The molecule has 1 saturated carbocycles. The minimum absolute atomic E-state index is 0.161. The highest BCUT2D eigenvalue weighted by atomic mass is 79.9. The van der Waals surface area contributed by atoms with E-state index in [4.69, 9.17) is 0 Å². The van der Waals surface area contributed by atoms with Crippen LogP contribution in [0.2, 0.25) is 0 Å². The number of hydrogen-bond acceptors (Lipinski definition) is 5. The summed E-state index contributed by atoms with van der Waals surface area (Å²) in [6.07, 6.45) is 7.26. The first-order chi connectivity index (χ1) is 17.1. The van der Waals surface area contributed by atoms with Crippen molar-refractivity contribution in [3.05, 3.63) is 76.4 Å². The van der Waals surface area contributed by atoms with Crippen LogP contribution in [0.3, 0.4) is 0 Å². The Morgan fingerprint density at radius 1 is 1.03 bits per heavy atom. The number of aromatic nitrogens is 3. The molecule has 0 spiro atoms. The Labute approximate surface area is 212 Å². The Balaban J connectivity index is 1.31. The average molecular weight is 534 g/mol. The Kier molecular flexibility index (Phi) is 6.99. The average Bonchev–Trinajstić information content (AvgIpc) is 3.27. The van der Waals surface area contributed by atoms with Gasteiger partial charge in [-0.1, -0.05) is 55.7 Å². The van der Waals surface area contributed by atoms with E-state index in [9.17, 15) is 9.90 Å². The summed E-state index contributed by atoms with van der Waals surface area (Å²) in [7, 11) is 0. The first-order valence-corrected chi connectivity index (χ1v) is 12.8. The van der Waals surface area contributed by atoms with Gasteiger partial charge in [-0.3, -0.25) is 4.79 Å². The van der Waals surface area contributed by atoms with Gasteiger partial charge in [-0.25, -0.2) is 4.98 Å². The molecule has 1 amide bonds. The zero-order valence-electron chi connectivity index (χ0n) is 19.4. The van der Waals surface area contributed by atoms with Gasteiger partial charge in [0.1, 0.15) is 11.6 Å². The predicted molar refractivity (Wildman–Crippen MR) is 140 cm³/mol. The monoisotopic (exact) mass is 533 g/mol. The highest BCUT2D eigenvalue weighted by Gasteiger charge is 2.20. The maximum Gasteiger partial charge on any atom is 0.223 e. The van der Waals surface area contributed by atoms with Gasteiger partial charge < -0.3 is 15.7 Å². The van der Waals surface area contributed by atoms with E-state index in [0.29, 0.717) is 30.0 Å². The number of halogens is 1. The van der Waals surface area contributed by atoms with E-state index in [0.717, 1.165) is 47.1 Å². The van der Waals surface area contributed by atoms with Crippen LogP contribution >= 0.6 is 15.9 Å². The number of fused-ring (bicyclic) bond motifs is 1. The molecule has 2 aromatic heterocycles. The molecule has 0 atom stereocenters. The van der Waals surface area contributed by atoms with Crippen molar-refractivity contribution < 1.29 is 9.90 Å². The molecule has 1 aliphatic rings. The van der Waals surface area contributed by atoms with E-state index in [1.807, 2.05) is 30.3 Å². The second-order valence-electron chi connectivity index (χ2n) is 9.00. The van der Waals surface area contributed by atoms with E-state index < -0.39 is 0 Å². The largest absolute Gasteiger partial charge is 0.507 e. The van der Waals surface area contributed by atoms with Gasteiger partial charge in [0, 0.05) is 30.6 Å². The lowest BCUT2D eigenvalue weighted by atomic mass is 9.88. The minimum Gasteiger partial charge on any atom is -0.507 e. The molecule has 35 heavy (non-hydrogen) atoms. The van der Waals surface area contributed by atoms with Crippen LogP contribution in [0.1, 0.15) is 43.2 Å². The lowest BCUT2D eigenvalue weighted by molar-refractivity contribution is -0.126. The van der Waals surface area contributed by atoms with E-state index in [1.165, 1.54) is 6.42 Å². The van der Waals surface area contributed by atoms with E-state index in [-0.39, 0.29) is 17.6 Å². The van der Waals surface area contributed by atoms with E-state index in [1.54, 1.807) is 22.8 Å². The molecule has 7 nitrogen and oxygen atoms in total. The number of amides is 1. The zero-order valence-corrected chi connectivity index (χ0v) is 21.0. The van der Waals surface area contributed by atoms with Crippen molar-refractivity contribution in [2.24, 2.45) is 5.92 Å². The van der Waals surface area contributed by atoms with Crippen molar-refractivity contribution in [2.45, 2.75) is 45.2 Å². The number of nitrogens with zero attached hydrogens (tertiary/aromatic N) is 3. The standard InChI is InChI=1S/C27H28BrN5O2/c28-22-17-31-33-25(14-23(32-26(22)33)21-11-4-5-12-24(21)34)29-15-18-7-6-8-19(13-18)16-30-27(35)20-9-2-1-3-10-20/h4-8,11-14,17,20,29,34H,1-3,9-10,15-16H2,(H,30,35). The molecule has 1 aliphatic carbocycles. The van der Waals surface area contributed by atoms with Gasteiger partial charge in [0.15, 0.2) is 5.65 Å². The molecule has 3 N–H and O–H groups in total. The normalized spacial score (nSPS) is 14.2. The molecule has 0 aliphatic heterocycles. The number of benzene rings is 2. The number of phenols is 1. The molecule has 0 saturated heterocycles. The van der Waals surface area contributed by atoms with Crippen LogP contribution in [-0.4, -0.2) is 25.6 Å². The molecule has 0 radical (unpaired) electrons. The molecule has 4 aromatic rings. The summed E-state index contributed by atoms with van der Waals surface area (Å²) in [5.41, 5.74) is 4.13. The molecule has 8 heteroatoms. The maximum atomic E-state index is 12.5. The molecular formula is C27H28BrN5O2. The molecule has 5 rings (SSSR count). The van der Waals surface area contributed by atoms with Crippen molar-refractivity contribution in [2.75, 3.05) is 5.32 Å². The summed E-state index contributed by atoms with van der Waals surface area (Å²) >= 11 is 3.52. The van der Waals surface area contributed by atoms with Gasteiger partial charge in [-0.15, -0.1) is 0 Å².